The molecule has 2 heterocycles. The van der Waals surface area contributed by atoms with E-state index in [-0.39, 0.29) is 11.6 Å². The molecule has 7 heteroatoms. The van der Waals surface area contributed by atoms with Crippen LogP contribution in [-0.2, 0) is 6.42 Å². The van der Waals surface area contributed by atoms with Gasteiger partial charge in [-0.1, -0.05) is 30.7 Å². The summed E-state index contributed by atoms with van der Waals surface area (Å²) in [5.74, 6) is 0.540. The molecule has 2 aromatic heterocycles. The third-order valence-electron chi connectivity index (χ3n) is 3.90. The molecule has 1 aromatic carbocycles. The molecule has 1 N–H and O–H groups in total. The molecule has 0 aliphatic heterocycles. The number of nitrogens with zero attached hydrogens (tertiary/aromatic N) is 4. The fourth-order valence-corrected chi connectivity index (χ4v) is 2.91. The van der Waals surface area contributed by atoms with Crippen LogP contribution in [0.2, 0.25) is 5.02 Å². The fourth-order valence-electron chi connectivity index (χ4n) is 2.54. The number of aryl methyl sites for hydroxylation is 2. The number of aromatic amines is 1. The van der Waals surface area contributed by atoms with E-state index in [1.807, 2.05) is 19.1 Å². The standard InChI is InChI=1S/C17H18ClN5O/c1-4-12-5-6-13(14(18)7-12)10(2)23-19-9-16(22-23)15-8-17(24)21-11(3)20-15/h5-10H,4H2,1-3H3,(H,20,21,24). The van der Waals surface area contributed by atoms with Crippen molar-refractivity contribution < 1.29 is 0 Å². The number of aromatic nitrogens is 5. The van der Waals surface area contributed by atoms with Crippen LogP contribution >= 0.6 is 11.6 Å². The van der Waals surface area contributed by atoms with Gasteiger partial charge in [0.2, 0.25) is 0 Å². The molecule has 3 rings (SSSR count). The molecule has 0 amide bonds. The first-order valence-electron chi connectivity index (χ1n) is 7.76. The van der Waals surface area contributed by atoms with Crippen molar-refractivity contribution in [2.75, 3.05) is 0 Å². The minimum absolute atomic E-state index is 0.125. The molecule has 1 unspecified atom stereocenters. The van der Waals surface area contributed by atoms with Gasteiger partial charge in [-0.15, -0.1) is 0 Å². The molecule has 6 nitrogen and oxygen atoms in total. The SMILES string of the molecule is CCc1ccc(C(C)n2ncc(-c3cc(=O)[nH]c(C)n3)n2)c(Cl)c1. The molecule has 124 valence electrons. The number of hydrogen-bond donors (Lipinski definition) is 1. The van der Waals surface area contributed by atoms with Crippen molar-refractivity contribution in [1.82, 2.24) is 25.0 Å². The zero-order valence-electron chi connectivity index (χ0n) is 13.7. The van der Waals surface area contributed by atoms with Crippen LogP contribution in [0.4, 0.5) is 0 Å². The Bertz CT molecular complexity index is 931. The molecule has 0 radical (unpaired) electrons. The van der Waals surface area contributed by atoms with Crippen LogP contribution in [0.25, 0.3) is 11.4 Å². The van der Waals surface area contributed by atoms with Gasteiger partial charge in [-0.05, 0) is 37.5 Å². The number of halogens is 1. The van der Waals surface area contributed by atoms with E-state index in [1.54, 1.807) is 17.9 Å². The highest BCUT2D eigenvalue weighted by Crippen LogP contribution is 2.26. The Hall–Kier alpha value is -2.47. The van der Waals surface area contributed by atoms with Crippen molar-refractivity contribution in [2.45, 2.75) is 33.2 Å². The minimum Gasteiger partial charge on any atom is -0.311 e. The van der Waals surface area contributed by atoms with Crippen LogP contribution in [0, 0.1) is 6.92 Å². The summed E-state index contributed by atoms with van der Waals surface area (Å²) in [7, 11) is 0. The lowest BCUT2D eigenvalue weighted by Crippen LogP contribution is -2.12. The van der Waals surface area contributed by atoms with Crippen molar-refractivity contribution in [3.8, 4) is 11.4 Å². The van der Waals surface area contributed by atoms with Crippen LogP contribution in [0.1, 0.15) is 36.8 Å². The Kier molecular flexibility index (Phi) is 4.49. The summed E-state index contributed by atoms with van der Waals surface area (Å²) in [4.78, 5) is 20.1. The second-order valence-electron chi connectivity index (χ2n) is 5.65. The lowest BCUT2D eigenvalue weighted by atomic mass is 10.1. The summed E-state index contributed by atoms with van der Waals surface area (Å²) in [6, 6.07) is 7.32. The summed E-state index contributed by atoms with van der Waals surface area (Å²) in [5, 5.41) is 9.46. The Morgan fingerprint density at radius 3 is 2.75 bits per heavy atom. The quantitative estimate of drug-likeness (QED) is 0.789. The van der Waals surface area contributed by atoms with Gasteiger partial charge in [-0.3, -0.25) is 4.79 Å². The topological polar surface area (TPSA) is 76.5 Å². The van der Waals surface area contributed by atoms with E-state index in [4.69, 9.17) is 11.6 Å². The Morgan fingerprint density at radius 2 is 2.08 bits per heavy atom. The second-order valence-corrected chi connectivity index (χ2v) is 6.06. The fraction of sp³-hybridized carbons (Fsp3) is 0.294. The molecule has 0 aliphatic carbocycles. The predicted octanol–water partition coefficient (Wildman–Crippen LogP) is 3.16. The van der Waals surface area contributed by atoms with E-state index in [9.17, 15) is 4.79 Å². The molecule has 3 aromatic rings. The van der Waals surface area contributed by atoms with E-state index in [2.05, 4.69) is 33.2 Å². The zero-order valence-corrected chi connectivity index (χ0v) is 14.5. The number of benzene rings is 1. The van der Waals surface area contributed by atoms with Gasteiger partial charge in [0.25, 0.3) is 5.56 Å². The van der Waals surface area contributed by atoms with Gasteiger partial charge in [0, 0.05) is 11.1 Å². The Morgan fingerprint density at radius 1 is 1.29 bits per heavy atom. The van der Waals surface area contributed by atoms with Gasteiger partial charge >= 0.3 is 0 Å². The third kappa shape index (κ3) is 3.23. The van der Waals surface area contributed by atoms with Crippen LogP contribution in [0.5, 0.6) is 0 Å². The Labute approximate surface area is 144 Å². The van der Waals surface area contributed by atoms with E-state index in [0.29, 0.717) is 22.2 Å². The average Bonchev–Trinajstić information content (AvgIpc) is 3.03. The van der Waals surface area contributed by atoms with Crippen LogP contribution in [-0.4, -0.2) is 25.0 Å². The van der Waals surface area contributed by atoms with E-state index in [0.717, 1.165) is 12.0 Å². The van der Waals surface area contributed by atoms with Gasteiger partial charge in [0.1, 0.15) is 11.5 Å². The van der Waals surface area contributed by atoms with Gasteiger partial charge < -0.3 is 4.98 Å². The van der Waals surface area contributed by atoms with E-state index in [1.165, 1.54) is 11.6 Å². The van der Waals surface area contributed by atoms with Crippen LogP contribution in [0.3, 0.4) is 0 Å². The van der Waals surface area contributed by atoms with Gasteiger partial charge in [-0.2, -0.15) is 15.0 Å². The normalized spacial score (nSPS) is 12.3. The van der Waals surface area contributed by atoms with Crippen molar-refractivity contribution in [3.63, 3.8) is 0 Å². The number of H-pyrrole nitrogens is 1. The molecule has 0 fully saturated rings. The minimum atomic E-state index is -0.210. The molecule has 0 spiro atoms. The van der Waals surface area contributed by atoms with E-state index >= 15 is 0 Å². The molecule has 0 saturated heterocycles. The highest BCUT2D eigenvalue weighted by atomic mass is 35.5. The molecule has 1 atom stereocenters. The first-order chi connectivity index (χ1) is 11.5. The molecule has 0 saturated carbocycles. The number of nitrogens with one attached hydrogen (secondary N) is 1. The zero-order chi connectivity index (χ0) is 17.3. The lowest BCUT2D eigenvalue weighted by Gasteiger charge is -2.13. The van der Waals surface area contributed by atoms with Crippen molar-refractivity contribution in [1.29, 1.82) is 0 Å². The third-order valence-corrected chi connectivity index (χ3v) is 4.23. The lowest BCUT2D eigenvalue weighted by molar-refractivity contribution is 0.494. The molecular formula is C17H18ClN5O. The number of rotatable bonds is 4. The largest absolute Gasteiger partial charge is 0.311 e. The molecule has 24 heavy (non-hydrogen) atoms. The summed E-state index contributed by atoms with van der Waals surface area (Å²) in [5.41, 5.74) is 2.98. The van der Waals surface area contributed by atoms with Crippen LogP contribution < -0.4 is 5.56 Å². The van der Waals surface area contributed by atoms with E-state index < -0.39 is 0 Å². The van der Waals surface area contributed by atoms with Crippen molar-refractivity contribution >= 4 is 11.6 Å². The molecule has 0 aliphatic rings. The summed E-state index contributed by atoms with van der Waals surface area (Å²) in [6.45, 7) is 5.80. The highest BCUT2D eigenvalue weighted by molar-refractivity contribution is 6.31. The summed E-state index contributed by atoms with van der Waals surface area (Å²) >= 11 is 6.39. The predicted molar refractivity (Wildman–Crippen MR) is 93.3 cm³/mol. The van der Waals surface area contributed by atoms with Gasteiger partial charge in [-0.25, -0.2) is 4.98 Å². The maximum absolute atomic E-state index is 11.6. The first kappa shape index (κ1) is 16.4. The Balaban J connectivity index is 1.94. The smallest absolute Gasteiger partial charge is 0.251 e. The molecular weight excluding hydrogens is 326 g/mol. The summed E-state index contributed by atoms with van der Waals surface area (Å²) < 4.78 is 0. The average molecular weight is 344 g/mol. The second kappa shape index (κ2) is 6.57. The van der Waals surface area contributed by atoms with Gasteiger partial charge in [0.15, 0.2) is 0 Å². The number of hydrogen-bond acceptors (Lipinski definition) is 4. The van der Waals surface area contributed by atoms with Crippen molar-refractivity contribution in [3.05, 3.63) is 62.8 Å². The van der Waals surface area contributed by atoms with Gasteiger partial charge in [0.05, 0.1) is 17.9 Å². The maximum atomic E-state index is 11.6. The van der Waals surface area contributed by atoms with Crippen LogP contribution in [0.15, 0.2) is 35.3 Å². The maximum Gasteiger partial charge on any atom is 0.251 e. The first-order valence-corrected chi connectivity index (χ1v) is 8.14. The monoisotopic (exact) mass is 343 g/mol. The molecule has 0 bridgehead atoms. The van der Waals surface area contributed by atoms with Crippen molar-refractivity contribution in [2.24, 2.45) is 0 Å². The highest BCUT2D eigenvalue weighted by Gasteiger charge is 2.16. The summed E-state index contributed by atoms with van der Waals surface area (Å²) in [6.07, 6.45) is 2.54.